The van der Waals surface area contributed by atoms with Gasteiger partial charge in [0.15, 0.2) is 17.6 Å². The number of hydrogen-bond donors (Lipinski definition) is 1. The fourth-order valence-corrected chi connectivity index (χ4v) is 2.65. The van der Waals surface area contributed by atoms with Crippen LogP contribution in [-0.4, -0.2) is 17.8 Å². The molecule has 2 unspecified atom stereocenters. The summed E-state index contributed by atoms with van der Waals surface area (Å²) in [4.78, 5) is 0. The summed E-state index contributed by atoms with van der Waals surface area (Å²) in [5.41, 5.74) is 0.573. The average molecular weight is 311 g/mol. The SMILES string of the molecule is OC(c1ccc(Cl)cc1Cl)C1COc2ccccc2O1. The van der Waals surface area contributed by atoms with Gasteiger partial charge in [0.25, 0.3) is 0 Å². The zero-order valence-corrected chi connectivity index (χ0v) is 11.9. The fraction of sp³-hybridized carbons (Fsp3) is 0.200. The third kappa shape index (κ3) is 2.57. The summed E-state index contributed by atoms with van der Waals surface area (Å²) in [6, 6.07) is 12.3. The molecular weight excluding hydrogens is 299 g/mol. The first-order chi connectivity index (χ1) is 9.65. The van der Waals surface area contributed by atoms with Crippen molar-refractivity contribution >= 4 is 23.2 Å². The lowest BCUT2D eigenvalue weighted by molar-refractivity contribution is -0.0112. The van der Waals surface area contributed by atoms with Gasteiger partial charge in [-0.3, -0.25) is 0 Å². The van der Waals surface area contributed by atoms with E-state index < -0.39 is 12.2 Å². The molecule has 0 spiro atoms. The molecular formula is C15H12Cl2O3. The number of halogens is 2. The standard InChI is InChI=1S/C15H12Cl2O3/c16-9-5-6-10(11(17)7-9)15(18)14-8-19-12-3-1-2-4-13(12)20-14/h1-7,14-15,18H,8H2. The van der Waals surface area contributed by atoms with Crippen LogP contribution in [0.15, 0.2) is 42.5 Å². The summed E-state index contributed by atoms with van der Waals surface area (Å²) in [7, 11) is 0. The minimum Gasteiger partial charge on any atom is -0.486 e. The zero-order chi connectivity index (χ0) is 14.1. The first kappa shape index (κ1) is 13.6. The van der Waals surface area contributed by atoms with E-state index in [1.165, 1.54) is 0 Å². The van der Waals surface area contributed by atoms with Crippen LogP contribution in [0.3, 0.4) is 0 Å². The maximum atomic E-state index is 10.4. The third-order valence-corrected chi connectivity index (χ3v) is 3.73. The van der Waals surface area contributed by atoms with Gasteiger partial charge in [0, 0.05) is 15.6 Å². The van der Waals surface area contributed by atoms with Crippen molar-refractivity contribution in [1.82, 2.24) is 0 Å². The van der Waals surface area contributed by atoms with Crippen LogP contribution in [0.2, 0.25) is 10.0 Å². The van der Waals surface area contributed by atoms with Crippen LogP contribution in [0.25, 0.3) is 0 Å². The summed E-state index contributed by atoms with van der Waals surface area (Å²) in [5.74, 6) is 1.30. The Morgan fingerprint density at radius 2 is 1.85 bits per heavy atom. The minimum atomic E-state index is -0.881. The maximum Gasteiger partial charge on any atom is 0.163 e. The van der Waals surface area contributed by atoms with Gasteiger partial charge in [0.2, 0.25) is 0 Å². The van der Waals surface area contributed by atoms with Gasteiger partial charge in [0.05, 0.1) is 0 Å². The van der Waals surface area contributed by atoms with Crippen LogP contribution < -0.4 is 9.47 Å². The van der Waals surface area contributed by atoms with Crippen LogP contribution in [0, 0.1) is 0 Å². The largest absolute Gasteiger partial charge is 0.486 e. The van der Waals surface area contributed by atoms with E-state index in [1.54, 1.807) is 24.3 Å². The molecule has 0 bridgehead atoms. The van der Waals surface area contributed by atoms with Gasteiger partial charge in [-0.15, -0.1) is 0 Å². The Morgan fingerprint density at radius 3 is 2.60 bits per heavy atom. The van der Waals surface area contributed by atoms with Crippen molar-refractivity contribution < 1.29 is 14.6 Å². The Bertz CT molecular complexity index is 630. The Hall–Kier alpha value is -1.42. The summed E-state index contributed by atoms with van der Waals surface area (Å²) in [6.45, 7) is 0.261. The molecule has 3 rings (SSSR count). The lowest BCUT2D eigenvalue weighted by Crippen LogP contribution is -2.35. The monoisotopic (exact) mass is 310 g/mol. The molecule has 0 radical (unpaired) electrons. The van der Waals surface area contributed by atoms with E-state index in [1.807, 2.05) is 18.2 Å². The van der Waals surface area contributed by atoms with Crippen molar-refractivity contribution in [2.45, 2.75) is 12.2 Å². The van der Waals surface area contributed by atoms with Gasteiger partial charge in [-0.2, -0.15) is 0 Å². The van der Waals surface area contributed by atoms with E-state index in [9.17, 15) is 5.11 Å². The maximum absolute atomic E-state index is 10.4. The molecule has 1 aliphatic heterocycles. The molecule has 104 valence electrons. The normalized spacial score (nSPS) is 18.6. The molecule has 3 nitrogen and oxygen atoms in total. The molecule has 0 saturated heterocycles. The quantitative estimate of drug-likeness (QED) is 0.915. The van der Waals surface area contributed by atoms with Crippen molar-refractivity contribution in [3.8, 4) is 11.5 Å². The predicted octanol–water partition coefficient (Wildman–Crippen LogP) is 3.87. The molecule has 20 heavy (non-hydrogen) atoms. The second kappa shape index (κ2) is 5.52. The second-order valence-electron chi connectivity index (χ2n) is 4.52. The average Bonchev–Trinajstić information content (AvgIpc) is 2.46. The number of hydrogen-bond acceptors (Lipinski definition) is 3. The van der Waals surface area contributed by atoms with E-state index in [4.69, 9.17) is 32.7 Å². The number of rotatable bonds is 2. The lowest BCUT2D eigenvalue weighted by atomic mass is 10.0. The Morgan fingerprint density at radius 1 is 1.10 bits per heavy atom. The van der Waals surface area contributed by atoms with Gasteiger partial charge >= 0.3 is 0 Å². The minimum absolute atomic E-state index is 0.261. The highest BCUT2D eigenvalue weighted by atomic mass is 35.5. The highest BCUT2D eigenvalue weighted by molar-refractivity contribution is 6.35. The van der Waals surface area contributed by atoms with E-state index >= 15 is 0 Å². The molecule has 0 saturated carbocycles. The molecule has 1 N–H and O–H groups in total. The van der Waals surface area contributed by atoms with Gasteiger partial charge in [-0.05, 0) is 24.3 Å². The van der Waals surface area contributed by atoms with Gasteiger partial charge in [-0.1, -0.05) is 41.4 Å². The van der Waals surface area contributed by atoms with Crippen LogP contribution >= 0.6 is 23.2 Å². The highest BCUT2D eigenvalue weighted by Crippen LogP contribution is 2.36. The number of ether oxygens (including phenoxy) is 2. The summed E-state index contributed by atoms with van der Waals surface area (Å²) < 4.78 is 11.4. The number of aliphatic hydroxyl groups is 1. The molecule has 2 aromatic carbocycles. The van der Waals surface area contributed by atoms with Gasteiger partial charge in [-0.25, -0.2) is 0 Å². The first-order valence-corrected chi connectivity index (χ1v) is 6.92. The summed E-state index contributed by atoms with van der Waals surface area (Å²) >= 11 is 12.0. The van der Waals surface area contributed by atoms with Crippen molar-refractivity contribution in [3.05, 3.63) is 58.1 Å². The van der Waals surface area contributed by atoms with Crippen LogP contribution in [0.4, 0.5) is 0 Å². The smallest absolute Gasteiger partial charge is 0.163 e. The van der Waals surface area contributed by atoms with E-state index in [-0.39, 0.29) is 6.61 Å². The highest BCUT2D eigenvalue weighted by Gasteiger charge is 2.29. The lowest BCUT2D eigenvalue weighted by Gasteiger charge is -2.30. The van der Waals surface area contributed by atoms with Crippen molar-refractivity contribution in [2.24, 2.45) is 0 Å². The first-order valence-electron chi connectivity index (χ1n) is 6.16. The van der Waals surface area contributed by atoms with Crippen LogP contribution in [-0.2, 0) is 0 Å². The fourth-order valence-electron chi connectivity index (χ4n) is 2.13. The van der Waals surface area contributed by atoms with E-state index in [0.717, 1.165) is 0 Å². The molecule has 0 aromatic heterocycles. The van der Waals surface area contributed by atoms with Crippen LogP contribution in [0.5, 0.6) is 11.5 Å². The van der Waals surface area contributed by atoms with Crippen molar-refractivity contribution in [1.29, 1.82) is 0 Å². The number of benzene rings is 2. The topological polar surface area (TPSA) is 38.7 Å². The summed E-state index contributed by atoms with van der Waals surface area (Å²) in [5, 5.41) is 11.3. The van der Waals surface area contributed by atoms with Gasteiger partial charge < -0.3 is 14.6 Å². The molecule has 1 aliphatic rings. The van der Waals surface area contributed by atoms with Crippen molar-refractivity contribution in [2.75, 3.05) is 6.61 Å². The van der Waals surface area contributed by atoms with Crippen molar-refractivity contribution in [3.63, 3.8) is 0 Å². The number of para-hydroxylation sites is 2. The zero-order valence-electron chi connectivity index (χ0n) is 10.4. The molecule has 0 fully saturated rings. The molecule has 5 heteroatoms. The number of aliphatic hydroxyl groups excluding tert-OH is 1. The molecule has 0 aliphatic carbocycles. The molecule has 1 heterocycles. The van der Waals surface area contributed by atoms with Gasteiger partial charge in [0.1, 0.15) is 12.7 Å². The Kier molecular flexibility index (Phi) is 3.74. The van der Waals surface area contributed by atoms with E-state index in [2.05, 4.69) is 0 Å². The predicted molar refractivity (Wildman–Crippen MR) is 77.8 cm³/mol. The molecule has 2 aromatic rings. The number of fused-ring (bicyclic) bond motifs is 1. The van der Waals surface area contributed by atoms with E-state index in [0.29, 0.717) is 27.1 Å². The second-order valence-corrected chi connectivity index (χ2v) is 5.37. The Labute approximate surface area is 126 Å². The molecule has 0 amide bonds. The Balaban J connectivity index is 1.84. The molecule has 2 atom stereocenters. The third-order valence-electron chi connectivity index (χ3n) is 3.16. The summed E-state index contributed by atoms with van der Waals surface area (Å²) in [6.07, 6.45) is -1.39. The van der Waals surface area contributed by atoms with Crippen LogP contribution in [0.1, 0.15) is 11.7 Å².